The minimum Gasteiger partial charge on any atom is -0.748 e. The van der Waals surface area contributed by atoms with Crippen LogP contribution in [0.5, 0.6) is 0 Å². The molecule has 0 saturated carbocycles. The second-order valence-corrected chi connectivity index (χ2v) is 8.63. The highest BCUT2D eigenvalue weighted by atomic mass is 32.2. The maximum absolute atomic E-state index is 12.6. The summed E-state index contributed by atoms with van der Waals surface area (Å²) >= 11 is 0. The SMILES string of the molecule is O=C1c2cccc3c(S(=O)(=O)O)ccc(c23)N1CCCCS(=O)(=O)[O-]. The highest BCUT2D eigenvalue weighted by Crippen LogP contribution is 2.40. The predicted octanol–water partition coefficient (Wildman–Crippen LogP) is 1.37. The van der Waals surface area contributed by atoms with Gasteiger partial charge in [0.25, 0.3) is 16.0 Å². The van der Waals surface area contributed by atoms with Gasteiger partial charge < -0.3 is 9.45 Å². The van der Waals surface area contributed by atoms with Crippen LogP contribution < -0.4 is 4.90 Å². The molecule has 1 heterocycles. The molecule has 0 fully saturated rings. The number of anilines is 1. The first-order valence-electron chi connectivity index (χ1n) is 7.38. The van der Waals surface area contributed by atoms with Crippen LogP contribution >= 0.6 is 0 Å². The van der Waals surface area contributed by atoms with E-state index in [4.69, 9.17) is 0 Å². The van der Waals surface area contributed by atoms with Crippen molar-refractivity contribution in [3.63, 3.8) is 0 Å². The average Bonchev–Trinajstić information content (AvgIpc) is 2.77. The molecule has 0 radical (unpaired) electrons. The Morgan fingerprint density at radius 3 is 2.40 bits per heavy atom. The van der Waals surface area contributed by atoms with Crippen molar-refractivity contribution in [2.24, 2.45) is 0 Å². The van der Waals surface area contributed by atoms with E-state index in [0.717, 1.165) is 0 Å². The number of carbonyl (C=O) groups excluding carboxylic acids is 1. The van der Waals surface area contributed by atoms with E-state index in [1.54, 1.807) is 6.07 Å². The van der Waals surface area contributed by atoms with Gasteiger partial charge in [0.2, 0.25) is 0 Å². The zero-order chi connectivity index (χ0) is 18.4. The Balaban J connectivity index is 1.96. The molecular formula is C15H14NO7S2-. The van der Waals surface area contributed by atoms with E-state index in [1.807, 2.05) is 0 Å². The second kappa shape index (κ2) is 6.06. The van der Waals surface area contributed by atoms with Crippen LogP contribution in [0.25, 0.3) is 10.8 Å². The molecule has 0 unspecified atom stereocenters. The smallest absolute Gasteiger partial charge is 0.295 e. The highest BCUT2D eigenvalue weighted by Gasteiger charge is 2.31. The molecule has 0 saturated heterocycles. The molecule has 1 amide bonds. The van der Waals surface area contributed by atoms with E-state index in [-0.39, 0.29) is 29.2 Å². The number of nitrogens with zero attached hydrogens (tertiary/aromatic N) is 1. The largest absolute Gasteiger partial charge is 0.748 e. The Labute approximate surface area is 144 Å². The van der Waals surface area contributed by atoms with Gasteiger partial charge in [-0.3, -0.25) is 9.35 Å². The van der Waals surface area contributed by atoms with Crippen LogP contribution in [-0.2, 0) is 20.2 Å². The number of hydrogen-bond donors (Lipinski definition) is 1. The summed E-state index contributed by atoms with van der Waals surface area (Å²) in [5.74, 6) is -0.836. The highest BCUT2D eigenvalue weighted by molar-refractivity contribution is 7.86. The van der Waals surface area contributed by atoms with Crippen molar-refractivity contribution in [1.29, 1.82) is 0 Å². The second-order valence-electron chi connectivity index (χ2n) is 5.71. The summed E-state index contributed by atoms with van der Waals surface area (Å²) in [5.41, 5.74) is 0.808. The Kier molecular flexibility index (Phi) is 4.31. The molecule has 0 aromatic heterocycles. The van der Waals surface area contributed by atoms with Crippen LogP contribution in [0.4, 0.5) is 5.69 Å². The average molecular weight is 384 g/mol. The van der Waals surface area contributed by atoms with Crippen molar-refractivity contribution in [2.75, 3.05) is 17.2 Å². The van der Waals surface area contributed by atoms with Gasteiger partial charge >= 0.3 is 0 Å². The predicted molar refractivity (Wildman–Crippen MR) is 89.2 cm³/mol. The van der Waals surface area contributed by atoms with Crippen LogP contribution in [0, 0.1) is 0 Å². The Bertz CT molecular complexity index is 1070. The van der Waals surface area contributed by atoms with Crippen LogP contribution in [0.15, 0.2) is 35.2 Å². The van der Waals surface area contributed by atoms with E-state index in [0.29, 0.717) is 23.1 Å². The van der Waals surface area contributed by atoms with Crippen LogP contribution in [0.3, 0.4) is 0 Å². The van der Waals surface area contributed by atoms with Gasteiger partial charge in [-0.15, -0.1) is 0 Å². The molecule has 0 atom stereocenters. The summed E-state index contributed by atoms with van der Waals surface area (Å²) in [7, 11) is -8.74. The maximum Gasteiger partial charge on any atom is 0.295 e. The van der Waals surface area contributed by atoms with Crippen molar-refractivity contribution >= 4 is 42.6 Å². The Hall–Kier alpha value is -2.01. The molecule has 1 aliphatic rings. The quantitative estimate of drug-likeness (QED) is 0.587. The number of amides is 1. The fraction of sp³-hybridized carbons (Fsp3) is 0.267. The van der Waals surface area contributed by atoms with Gasteiger partial charge in [0.1, 0.15) is 4.90 Å². The normalized spacial score (nSPS) is 14.5. The van der Waals surface area contributed by atoms with Gasteiger partial charge in [-0.2, -0.15) is 8.42 Å². The third kappa shape index (κ3) is 3.38. The van der Waals surface area contributed by atoms with Gasteiger partial charge in [0, 0.05) is 28.6 Å². The monoisotopic (exact) mass is 384 g/mol. The number of benzene rings is 2. The van der Waals surface area contributed by atoms with Crippen LogP contribution in [0.1, 0.15) is 23.2 Å². The molecule has 3 rings (SSSR count). The van der Waals surface area contributed by atoms with E-state index in [2.05, 4.69) is 0 Å². The lowest BCUT2D eigenvalue weighted by Gasteiger charge is -2.18. The minimum absolute atomic E-state index is 0.123. The lowest BCUT2D eigenvalue weighted by Crippen LogP contribution is -2.28. The van der Waals surface area contributed by atoms with Gasteiger partial charge in [0.05, 0.1) is 15.8 Å². The molecule has 0 bridgehead atoms. The Morgan fingerprint density at radius 1 is 1.04 bits per heavy atom. The van der Waals surface area contributed by atoms with E-state index in [1.165, 1.54) is 29.2 Å². The molecule has 1 N–H and O–H groups in total. The summed E-state index contributed by atoms with van der Waals surface area (Å²) < 4.78 is 64.3. The first kappa shape index (κ1) is 17.8. The molecule has 8 nitrogen and oxygen atoms in total. The van der Waals surface area contributed by atoms with Crippen molar-refractivity contribution in [1.82, 2.24) is 0 Å². The maximum atomic E-state index is 12.6. The van der Waals surface area contributed by atoms with Gasteiger partial charge in [-0.25, -0.2) is 8.42 Å². The fourth-order valence-corrected chi connectivity index (χ4v) is 4.26. The summed E-state index contributed by atoms with van der Waals surface area (Å²) in [6, 6.07) is 7.26. The van der Waals surface area contributed by atoms with Gasteiger partial charge in [-0.1, -0.05) is 12.1 Å². The number of carbonyl (C=O) groups is 1. The summed E-state index contributed by atoms with van der Waals surface area (Å²) in [6.45, 7) is 0.198. The third-order valence-electron chi connectivity index (χ3n) is 4.05. The molecule has 2 aromatic carbocycles. The molecule has 2 aromatic rings. The third-order valence-corrected chi connectivity index (χ3v) is 5.75. The number of unbranched alkanes of at least 4 members (excludes halogenated alkanes) is 1. The van der Waals surface area contributed by atoms with Crippen LogP contribution in [0.2, 0.25) is 0 Å². The molecule has 10 heteroatoms. The van der Waals surface area contributed by atoms with Crippen molar-refractivity contribution in [3.05, 3.63) is 35.9 Å². The molecule has 0 aliphatic carbocycles. The summed E-state index contributed by atoms with van der Waals surface area (Å²) in [6.07, 6.45) is 0.431. The van der Waals surface area contributed by atoms with E-state index >= 15 is 0 Å². The minimum atomic E-state index is -4.44. The number of hydrogen-bond acceptors (Lipinski definition) is 6. The van der Waals surface area contributed by atoms with Crippen molar-refractivity contribution < 1.29 is 30.7 Å². The van der Waals surface area contributed by atoms with Crippen molar-refractivity contribution in [3.8, 4) is 0 Å². The lowest BCUT2D eigenvalue weighted by atomic mass is 10.1. The van der Waals surface area contributed by atoms with Crippen molar-refractivity contribution in [2.45, 2.75) is 17.7 Å². The van der Waals surface area contributed by atoms with Gasteiger partial charge in [0.15, 0.2) is 0 Å². The lowest BCUT2D eigenvalue weighted by molar-refractivity contribution is 0.0993. The summed E-state index contributed by atoms with van der Waals surface area (Å²) in [5, 5.41) is 0.676. The fourth-order valence-electron chi connectivity index (χ4n) is 3.01. The molecular weight excluding hydrogens is 370 g/mol. The first-order valence-corrected chi connectivity index (χ1v) is 10.4. The molecule has 25 heavy (non-hydrogen) atoms. The standard InChI is InChI=1S/C15H15NO7S2/c17-15-11-5-3-4-10-13(25(21,22)23)7-6-12(14(10)11)16(15)8-1-2-9-24(18,19)20/h3-7H,1-2,8-9H2,(H,18,19,20)(H,21,22,23)/p-1. The zero-order valence-electron chi connectivity index (χ0n) is 12.9. The zero-order valence-corrected chi connectivity index (χ0v) is 14.5. The Morgan fingerprint density at radius 2 is 1.76 bits per heavy atom. The molecule has 1 aliphatic heterocycles. The van der Waals surface area contributed by atoms with E-state index < -0.39 is 26.0 Å². The van der Waals surface area contributed by atoms with E-state index in [9.17, 15) is 30.7 Å². The van der Waals surface area contributed by atoms with Gasteiger partial charge in [-0.05, 0) is 31.0 Å². The number of rotatable bonds is 6. The topological polar surface area (TPSA) is 132 Å². The molecule has 0 spiro atoms. The first-order chi connectivity index (χ1) is 11.6. The summed E-state index contributed by atoms with van der Waals surface area (Å²) in [4.78, 5) is 13.7. The molecule has 134 valence electrons. The van der Waals surface area contributed by atoms with Crippen LogP contribution in [-0.4, -0.2) is 44.1 Å².